The zero-order chi connectivity index (χ0) is 14.9. The first kappa shape index (κ1) is 15.8. The van der Waals surface area contributed by atoms with E-state index in [0.29, 0.717) is 0 Å². The normalized spacial score (nSPS) is 15.3. The molecule has 116 valence electrons. The zero-order valence-corrected chi connectivity index (χ0v) is 13.3. The number of benzene rings is 1. The van der Waals surface area contributed by atoms with Crippen LogP contribution in [0.1, 0.15) is 25.3 Å². The summed E-state index contributed by atoms with van der Waals surface area (Å²) < 4.78 is 0. The van der Waals surface area contributed by atoms with Gasteiger partial charge in [0.15, 0.2) is 5.96 Å². The summed E-state index contributed by atoms with van der Waals surface area (Å²) in [6.07, 6.45) is 2.70. The molecule has 2 rings (SSSR count). The van der Waals surface area contributed by atoms with Crippen molar-refractivity contribution in [2.75, 3.05) is 33.2 Å². The Bertz CT molecular complexity index is 426. The van der Waals surface area contributed by atoms with Crippen molar-refractivity contribution in [1.82, 2.24) is 15.5 Å². The van der Waals surface area contributed by atoms with Crippen LogP contribution in [0, 0.1) is 5.92 Å². The quantitative estimate of drug-likeness (QED) is 0.568. The van der Waals surface area contributed by atoms with Crippen LogP contribution in [0.15, 0.2) is 35.3 Å². The second-order valence-electron chi connectivity index (χ2n) is 5.81. The van der Waals surface area contributed by atoms with E-state index in [0.717, 1.165) is 44.6 Å². The lowest BCUT2D eigenvalue weighted by Gasteiger charge is -2.18. The number of hydrogen-bond donors (Lipinski definition) is 2. The van der Waals surface area contributed by atoms with E-state index in [4.69, 9.17) is 0 Å². The summed E-state index contributed by atoms with van der Waals surface area (Å²) in [5, 5.41) is 6.73. The van der Waals surface area contributed by atoms with Crippen molar-refractivity contribution in [2.24, 2.45) is 10.9 Å². The van der Waals surface area contributed by atoms with Crippen LogP contribution in [0.25, 0.3) is 0 Å². The summed E-state index contributed by atoms with van der Waals surface area (Å²) in [6, 6.07) is 10.6. The lowest BCUT2D eigenvalue weighted by Crippen LogP contribution is -2.41. The summed E-state index contributed by atoms with van der Waals surface area (Å²) in [5.74, 6) is 1.79. The number of nitrogens with zero attached hydrogens (tertiary/aromatic N) is 2. The van der Waals surface area contributed by atoms with E-state index >= 15 is 0 Å². The zero-order valence-electron chi connectivity index (χ0n) is 13.3. The Morgan fingerprint density at radius 3 is 2.67 bits per heavy atom. The first-order valence-electron chi connectivity index (χ1n) is 8.02. The van der Waals surface area contributed by atoms with E-state index in [1.807, 2.05) is 0 Å². The van der Waals surface area contributed by atoms with Crippen molar-refractivity contribution >= 4 is 5.96 Å². The highest BCUT2D eigenvalue weighted by Gasteiger charge is 2.20. The largest absolute Gasteiger partial charge is 0.357 e. The maximum atomic E-state index is 4.63. The molecule has 1 aromatic rings. The molecule has 1 fully saturated rings. The first-order valence-corrected chi connectivity index (χ1v) is 8.02. The van der Waals surface area contributed by atoms with Gasteiger partial charge in [-0.25, -0.2) is 0 Å². The third-order valence-corrected chi connectivity index (χ3v) is 3.63. The van der Waals surface area contributed by atoms with Crippen LogP contribution in [0.5, 0.6) is 0 Å². The van der Waals surface area contributed by atoms with Crippen molar-refractivity contribution in [3.05, 3.63) is 35.9 Å². The highest BCUT2D eigenvalue weighted by atomic mass is 15.2. The fourth-order valence-corrected chi connectivity index (χ4v) is 2.20. The molecule has 0 aromatic heterocycles. The summed E-state index contributed by atoms with van der Waals surface area (Å²) in [5.41, 5.74) is 1.36. The summed E-state index contributed by atoms with van der Waals surface area (Å²) >= 11 is 0. The van der Waals surface area contributed by atoms with E-state index in [-0.39, 0.29) is 0 Å². The van der Waals surface area contributed by atoms with E-state index in [9.17, 15) is 0 Å². The van der Waals surface area contributed by atoms with Gasteiger partial charge in [-0.3, -0.25) is 4.99 Å². The Kier molecular flexibility index (Phi) is 6.54. The molecule has 1 aliphatic carbocycles. The van der Waals surface area contributed by atoms with Gasteiger partial charge in [-0.2, -0.15) is 0 Å². The second-order valence-corrected chi connectivity index (χ2v) is 5.81. The van der Waals surface area contributed by atoms with Crippen LogP contribution in [0.4, 0.5) is 0 Å². The molecule has 0 unspecified atom stereocenters. The maximum Gasteiger partial charge on any atom is 0.191 e. The molecule has 4 heteroatoms. The standard InChI is InChI=1S/C17H28N4/c1-3-18-17(20-13-15-9-10-15)19-11-12-21(2)14-16-7-5-4-6-8-16/h4-8,15H,3,9-14H2,1-2H3,(H2,18,19,20). The van der Waals surface area contributed by atoms with Crippen molar-refractivity contribution in [3.63, 3.8) is 0 Å². The van der Waals surface area contributed by atoms with Gasteiger partial charge in [-0.05, 0) is 38.3 Å². The van der Waals surface area contributed by atoms with E-state index in [1.54, 1.807) is 0 Å². The Balaban J connectivity index is 1.67. The minimum absolute atomic E-state index is 0.834. The molecule has 4 nitrogen and oxygen atoms in total. The van der Waals surface area contributed by atoms with Gasteiger partial charge >= 0.3 is 0 Å². The number of guanidine groups is 1. The maximum absolute atomic E-state index is 4.63. The second kappa shape index (κ2) is 8.67. The Morgan fingerprint density at radius 1 is 1.24 bits per heavy atom. The van der Waals surface area contributed by atoms with Crippen LogP contribution < -0.4 is 10.6 Å². The van der Waals surface area contributed by atoms with Gasteiger partial charge in [0.25, 0.3) is 0 Å². The molecular formula is C17H28N4. The summed E-state index contributed by atoms with van der Waals surface area (Å²) in [7, 11) is 2.16. The van der Waals surface area contributed by atoms with Crippen LogP contribution in [0.3, 0.4) is 0 Å². The Morgan fingerprint density at radius 2 is 2.00 bits per heavy atom. The fourth-order valence-electron chi connectivity index (χ4n) is 2.20. The predicted molar refractivity (Wildman–Crippen MR) is 89.5 cm³/mol. The fraction of sp³-hybridized carbons (Fsp3) is 0.588. The smallest absolute Gasteiger partial charge is 0.191 e. The number of likely N-dealkylation sites (N-methyl/N-ethyl adjacent to an activating group) is 1. The summed E-state index contributed by atoms with van der Waals surface area (Å²) in [4.78, 5) is 6.96. The van der Waals surface area contributed by atoms with Gasteiger partial charge in [0.05, 0.1) is 0 Å². The molecule has 0 saturated heterocycles. The number of hydrogen-bond acceptors (Lipinski definition) is 2. The van der Waals surface area contributed by atoms with E-state index in [1.165, 1.54) is 18.4 Å². The van der Waals surface area contributed by atoms with Gasteiger partial charge in [-0.15, -0.1) is 0 Å². The van der Waals surface area contributed by atoms with Gasteiger partial charge in [0.1, 0.15) is 0 Å². The van der Waals surface area contributed by atoms with Crippen molar-refractivity contribution in [3.8, 4) is 0 Å². The first-order chi connectivity index (χ1) is 10.3. The Hall–Kier alpha value is -1.55. The van der Waals surface area contributed by atoms with E-state index in [2.05, 4.69) is 64.8 Å². The third kappa shape index (κ3) is 6.63. The molecule has 0 heterocycles. The highest BCUT2D eigenvalue weighted by molar-refractivity contribution is 5.79. The van der Waals surface area contributed by atoms with Crippen LogP contribution in [0.2, 0.25) is 0 Å². The molecule has 0 aliphatic heterocycles. The molecule has 1 aliphatic rings. The van der Waals surface area contributed by atoms with E-state index < -0.39 is 0 Å². The van der Waals surface area contributed by atoms with Crippen LogP contribution >= 0.6 is 0 Å². The lowest BCUT2D eigenvalue weighted by molar-refractivity contribution is 0.331. The van der Waals surface area contributed by atoms with Crippen molar-refractivity contribution in [2.45, 2.75) is 26.3 Å². The average molecular weight is 288 g/mol. The number of nitrogens with one attached hydrogen (secondary N) is 2. The third-order valence-electron chi connectivity index (χ3n) is 3.63. The molecule has 0 amide bonds. The van der Waals surface area contributed by atoms with Crippen molar-refractivity contribution < 1.29 is 0 Å². The van der Waals surface area contributed by atoms with Gasteiger partial charge in [0, 0.05) is 32.7 Å². The monoisotopic (exact) mass is 288 g/mol. The topological polar surface area (TPSA) is 39.7 Å². The van der Waals surface area contributed by atoms with Gasteiger partial charge in [0.2, 0.25) is 0 Å². The lowest BCUT2D eigenvalue weighted by atomic mass is 10.2. The predicted octanol–water partition coefficient (Wildman–Crippen LogP) is 2.08. The van der Waals surface area contributed by atoms with Gasteiger partial charge in [-0.1, -0.05) is 30.3 Å². The molecule has 1 aromatic carbocycles. The molecule has 0 spiro atoms. The van der Waals surface area contributed by atoms with Crippen LogP contribution in [-0.4, -0.2) is 44.1 Å². The number of aliphatic imine (C=N–C) groups is 1. The minimum Gasteiger partial charge on any atom is -0.357 e. The Labute approximate surface area is 128 Å². The minimum atomic E-state index is 0.834. The average Bonchev–Trinajstić information content (AvgIpc) is 3.30. The molecule has 21 heavy (non-hydrogen) atoms. The molecule has 1 saturated carbocycles. The molecule has 2 N–H and O–H groups in total. The molecule has 0 atom stereocenters. The van der Waals surface area contributed by atoms with Gasteiger partial charge < -0.3 is 15.5 Å². The van der Waals surface area contributed by atoms with Crippen LogP contribution in [-0.2, 0) is 6.54 Å². The number of rotatable bonds is 8. The molecular weight excluding hydrogens is 260 g/mol. The molecule has 0 bridgehead atoms. The molecule has 0 radical (unpaired) electrons. The SMILES string of the molecule is CCNC(=NCC1CC1)NCCN(C)Cc1ccccc1. The summed E-state index contributed by atoms with van der Waals surface area (Å²) in [6.45, 7) is 6.89. The highest BCUT2D eigenvalue weighted by Crippen LogP contribution is 2.28. The van der Waals surface area contributed by atoms with Crippen molar-refractivity contribution in [1.29, 1.82) is 0 Å².